The first-order chi connectivity index (χ1) is 9.56. The van der Waals surface area contributed by atoms with Crippen molar-refractivity contribution in [1.29, 1.82) is 0 Å². The van der Waals surface area contributed by atoms with Gasteiger partial charge in [-0.3, -0.25) is 0 Å². The second-order valence-electron chi connectivity index (χ2n) is 6.09. The lowest BCUT2D eigenvalue weighted by Crippen LogP contribution is -2.61. The Morgan fingerprint density at radius 2 is 1.86 bits per heavy atom. The van der Waals surface area contributed by atoms with Gasteiger partial charge >= 0.3 is 5.97 Å². The zero-order chi connectivity index (χ0) is 16.4. The number of esters is 1. The van der Waals surface area contributed by atoms with Gasteiger partial charge < -0.3 is 29.5 Å². The van der Waals surface area contributed by atoms with E-state index in [2.05, 4.69) is 6.58 Å². The van der Waals surface area contributed by atoms with Gasteiger partial charge in [0, 0.05) is 5.57 Å². The number of aliphatic hydroxyl groups excluding tert-OH is 3. The first kappa shape index (κ1) is 18.1. The van der Waals surface area contributed by atoms with E-state index in [0.29, 0.717) is 0 Å². The van der Waals surface area contributed by atoms with E-state index in [9.17, 15) is 20.1 Å². The highest BCUT2D eigenvalue weighted by molar-refractivity contribution is 5.87. The molecule has 1 fully saturated rings. The summed E-state index contributed by atoms with van der Waals surface area (Å²) in [5.41, 5.74) is -0.494. The van der Waals surface area contributed by atoms with Crippen molar-refractivity contribution in [3.63, 3.8) is 0 Å². The first-order valence-corrected chi connectivity index (χ1v) is 6.73. The van der Waals surface area contributed by atoms with E-state index in [1.165, 1.54) is 6.92 Å². The van der Waals surface area contributed by atoms with Crippen molar-refractivity contribution in [3.8, 4) is 0 Å². The summed E-state index contributed by atoms with van der Waals surface area (Å²) in [6.45, 7) is 9.67. The third-order valence-corrected chi connectivity index (χ3v) is 2.88. The molecule has 5 atom stereocenters. The average Bonchev–Trinajstić information content (AvgIpc) is 2.36. The molecule has 0 aromatic carbocycles. The minimum Gasteiger partial charge on any atom is -0.453 e. The Kier molecular flexibility index (Phi) is 5.89. The molecule has 0 radical (unpaired) electrons. The summed E-state index contributed by atoms with van der Waals surface area (Å²) in [4.78, 5) is 11.6. The molecular formula is C14H24O7. The maximum Gasteiger partial charge on any atom is 0.333 e. The van der Waals surface area contributed by atoms with Crippen LogP contribution in [0, 0.1) is 0 Å². The molecule has 0 aromatic heterocycles. The smallest absolute Gasteiger partial charge is 0.333 e. The molecule has 5 unspecified atom stereocenters. The summed E-state index contributed by atoms with van der Waals surface area (Å²) in [5, 5.41) is 29.5. The number of ether oxygens (including phenoxy) is 3. The third kappa shape index (κ3) is 4.76. The van der Waals surface area contributed by atoms with Crippen LogP contribution in [0.4, 0.5) is 0 Å². The van der Waals surface area contributed by atoms with Crippen LogP contribution in [0.15, 0.2) is 12.2 Å². The maximum atomic E-state index is 11.6. The monoisotopic (exact) mass is 304 g/mol. The average molecular weight is 304 g/mol. The second kappa shape index (κ2) is 6.85. The molecule has 1 aliphatic rings. The van der Waals surface area contributed by atoms with Crippen LogP contribution in [-0.4, -0.2) is 64.2 Å². The minimum absolute atomic E-state index is 0.134. The van der Waals surface area contributed by atoms with Gasteiger partial charge in [0.05, 0.1) is 12.2 Å². The Bertz CT molecular complexity index is 387. The molecule has 0 spiro atoms. The van der Waals surface area contributed by atoms with E-state index in [4.69, 9.17) is 14.2 Å². The van der Waals surface area contributed by atoms with Crippen molar-refractivity contribution in [2.24, 2.45) is 0 Å². The zero-order valence-electron chi connectivity index (χ0n) is 12.8. The SMILES string of the molecule is C=C(C)C(=O)OC1C(O)C(CO)OC(OC(C)(C)C)C1O. The fourth-order valence-corrected chi connectivity index (χ4v) is 1.86. The molecule has 7 heteroatoms. The molecule has 3 N–H and O–H groups in total. The van der Waals surface area contributed by atoms with Gasteiger partial charge in [-0.15, -0.1) is 0 Å². The lowest BCUT2D eigenvalue weighted by Gasteiger charge is -2.43. The van der Waals surface area contributed by atoms with E-state index >= 15 is 0 Å². The van der Waals surface area contributed by atoms with Crippen LogP contribution >= 0.6 is 0 Å². The molecule has 0 aromatic rings. The minimum atomic E-state index is -1.38. The van der Waals surface area contributed by atoms with Crippen molar-refractivity contribution in [2.45, 2.75) is 64.0 Å². The molecule has 7 nitrogen and oxygen atoms in total. The highest BCUT2D eigenvalue weighted by atomic mass is 16.7. The quantitative estimate of drug-likeness (QED) is 0.485. The van der Waals surface area contributed by atoms with Crippen LogP contribution in [0.25, 0.3) is 0 Å². The van der Waals surface area contributed by atoms with E-state index in [1.54, 1.807) is 20.8 Å². The number of carbonyl (C=O) groups excluding carboxylic acids is 1. The maximum absolute atomic E-state index is 11.6. The number of hydrogen-bond donors (Lipinski definition) is 3. The number of aliphatic hydroxyl groups is 3. The Balaban J connectivity index is 2.91. The van der Waals surface area contributed by atoms with Crippen LogP contribution in [0.2, 0.25) is 0 Å². The van der Waals surface area contributed by atoms with E-state index in [-0.39, 0.29) is 5.57 Å². The summed E-state index contributed by atoms with van der Waals surface area (Å²) >= 11 is 0. The molecule has 21 heavy (non-hydrogen) atoms. The van der Waals surface area contributed by atoms with Crippen molar-refractivity contribution in [2.75, 3.05) is 6.61 Å². The summed E-state index contributed by atoms with van der Waals surface area (Å²) in [6.07, 6.45) is -6.18. The van der Waals surface area contributed by atoms with E-state index in [0.717, 1.165) is 0 Å². The molecule has 1 aliphatic heterocycles. The Labute approximate surface area is 124 Å². The fourth-order valence-electron chi connectivity index (χ4n) is 1.86. The van der Waals surface area contributed by atoms with Gasteiger partial charge in [-0.2, -0.15) is 0 Å². The van der Waals surface area contributed by atoms with Gasteiger partial charge in [0.1, 0.15) is 18.3 Å². The number of hydrogen-bond acceptors (Lipinski definition) is 7. The molecule has 0 saturated carbocycles. The summed E-state index contributed by atoms with van der Waals surface area (Å²) in [5.74, 6) is -0.744. The molecule has 0 aliphatic carbocycles. The molecule has 0 amide bonds. The van der Waals surface area contributed by atoms with Crippen LogP contribution in [0.1, 0.15) is 27.7 Å². The predicted octanol–water partition coefficient (Wildman–Crippen LogP) is -0.272. The topological polar surface area (TPSA) is 105 Å². The number of rotatable bonds is 4. The standard InChI is InChI=1S/C14H24O7/c1-7(2)12(18)20-11-9(16)8(6-15)19-13(10(11)17)21-14(3,4)5/h8-11,13,15-17H,1,6H2,2-5H3. The Morgan fingerprint density at radius 3 is 2.29 bits per heavy atom. The lowest BCUT2D eigenvalue weighted by molar-refractivity contribution is -0.322. The van der Waals surface area contributed by atoms with E-state index in [1.807, 2.05) is 0 Å². The van der Waals surface area contributed by atoms with Crippen molar-refractivity contribution in [3.05, 3.63) is 12.2 Å². The predicted molar refractivity (Wildman–Crippen MR) is 73.3 cm³/mol. The van der Waals surface area contributed by atoms with Gasteiger partial charge in [-0.1, -0.05) is 6.58 Å². The summed E-state index contributed by atoms with van der Waals surface area (Å²) in [7, 11) is 0. The molecule has 1 saturated heterocycles. The number of carbonyl (C=O) groups is 1. The summed E-state index contributed by atoms with van der Waals surface area (Å²) in [6, 6.07) is 0. The van der Waals surface area contributed by atoms with Gasteiger partial charge in [0.15, 0.2) is 12.4 Å². The van der Waals surface area contributed by atoms with Gasteiger partial charge in [0.2, 0.25) is 0 Å². The molecule has 1 rings (SSSR count). The highest BCUT2D eigenvalue weighted by Crippen LogP contribution is 2.27. The fraction of sp³-hybridized carbons (Fsp3) is 0.786. The Hall–Kier alpha value is -0.990. The van der Waals surface area contributed by atoms with Crippen LogP contribution in [0.3, 0.4) is 0 Å². The van der Waals surface area contributed by atoms with Gasteiger partial charge in [-0.25, -0.2) is 4.79 Å². The second-order valence-corrected chi connectivity index (χ2v) is 6.09. The molecule has 0 bridgehead atoms. The van der Waals surface area contributed by atoms with Crippen molar-refractivity contribution < 1.29 is 34.3 Å². The lowest BCUT2D eigenvalue weighted by atomic mass is 9.98. The van der Waals surface area contributed by atoms with Crippen LogP contribution in [-0.2, 0) is 19.0 Å². The highest BCUT2D eigenvalue weighted by Gasteiger charge is 2.48. The van der Waals surface area contributed by atoms with Crippen molar-refractivity contribution >= 4 is 5.97 Å². The van der Waals surface area contributed by atoms with Gasteiger partial charge in [-0.05, 0) is 27.7 Å². The normalized spacial score (nSPS) is 33.6. The Morgan fingerprint density at radius 1 is 1.29 bits per heavy atom. The molecular weight excluding hydrogens is 280 g/mol. The van der Waals surface area contributed by atoms with Crippen LogP contribution in [0.5, 0.6) is 0 Å². The molecule has 122 valence electrons. The van der Waals surface area contributed by atoms with Crippen LogP contribution < -0.4 is 0 Å². The van der Waals surface area contributed by atoms with E-state index < -0.39 is 48.9 Å². The largest absolute Gasteiger partial charge is 0.453 e. The zero-order valence-corrected chi connectivity index (χ0v) is 12.8. The summed E-state index contributed by atoms with van der Waals surface area (Å²) < 4.78 is 15.9. The molecule has 1 heterocycles. The van der Waals surface area contributed by atoms with Crippen molar-refractivity contribution in [1.82, 2.24) is 0 Å². The third-order valence-electron chi connectivity index (χ3n) is 2.88. The first-order valence-electron chi connectivity index (χ1n) is 6.73. The van der Waals surface area contributed by atoms with Gasteiger partial charge in [0.25, 0.3) is 0 Å².